The third-order valence-corrected chi connectivity index (χ3v) is 7.03. The first kappa shape index (κ1) is 17.0. The molecule has 7 heteroatoms. The second kappa shape index (κ2) is 6.17. The molecule has 0 radical (unpaired) electrons. The van der Waals surface area contributed by atoms with Crippen molar-refractivity contribution in [1.82, 2.24) is 19.8 Å². The summed E-state index contributed by atoms with van der Waals surface area (Å²) in [5.41, 5.74) is 2.58. The molecular formula is C20H27N5O2. The fourth-order valence-electron chi connectivity index (χ4n) is 5.06. The molecule has 7 nitrogen and oxygen atoms in total. The van der Waals surface area contributed by atoms with Gasteiger partial charge in [-0.25, -0.2) is 9.97 Å². The number of anilines is 1. The lowest BCUT2D eigenvalue weighted by molar-refractivity contribution is -0.135. The number of hydrogen-bond donors (Lipinski definition) is 1. The summed E-state index contributed by atoms with van der Waals surface area (Å²) in [6.07, 6.45) is 7.53. The summed E-state index contributed by atoms with van der Waals surface area (Å²) in [7, 11) is 1.77. The fourth-order valence-corrected chi connectivity index (χ4v) is 5.06. The Kier molecular flexibility index (Phi) is 3.88. The summed E-state index contributed by atoms with van der Waals surface area (Å²) in [6.45, 7) is 2.75. The Bertz CT molecular complexity index is 798. The molecule has 0 aromatic carbocycles. The zero-order valence-corrected chi connectivity index (χ0v) is 16.0. The van der Waals surface area contributed by atoms with Crippen LogP contribution in [0.4, 0.5) is 5.95 Å². The summed E-state index contributed by atoms with van der Waals surface area (Å²) >= 11 is 0. The number of likely N-dealkylation sites (tertiary alicyclic amines) is 1. The van der Waals surface area contributed by atoms with Crippen LogP contribution in [0.5, 0.6) is 0 Å². The van der Waals surface area contributed by atoms with E-state index in [2.05, 4.69) is 15.3 Å². The molecule has 144 valence electrons. The van der Waals surface area contributed by atoms with Gasteiger partial charge in [0.25, 0.3) is 5.91 Å². The lowest BCUT2D eigenvalue weighted by atomic mass is 9.79. The molecule has 2 aliphatic heterocycles. The molecule has 2 saturated carbocycles. The Morgan fingerprint density at radius 3 is 2.48 bits per heavy atom. The summed E-state index contributed by atoms with van der Waals surface area (Å²) < 4.78 is 0. The van der Waals surface area contributed by atoms with Crippen LogP contribution in [0.2, 0.25) is 0 Å². The van der Waals surface area contributed by atoms with Gasteiger partial charge < -0.3 is 15.1 Å². The monoisotopic (exact) mass is 369 g/mol. The first-order valence-electron chi connectivity index (χ1n) is 10.3. The van der Waals surface area contributed by atoms with Crippen LogP contribution in [0.15, 0.2) is 0 Å². The maximum Gasteiger partial charge on any atom is 0.273 e. The Labute approximate surface area is 159 Å². The van der Waals surface area contributed by atoms with Gasteiger partial charge in [-0.15, -0.1) is 0 Å². The second-order valence-corrected chi connectivity index (χ2v) is 8.55. The number of nitrogens with one attached hydrogen (secondary N) is 1. The number of carbonyl (C=O) groups excluding carboxylic acids is 2. The van der Waals surface area contributed by atoms with Gasteiger partial charge in [0.1, 0.15) is 5.69 Å². The number of nitrogens with zero attached hydrogens (tertiary/aromatic N) is 4. The average molecular weight is 369 g/mol. The smallest absolute Gasteiger partial charge is 0.273 e. The Morgan fingerprint density at radius 1 is 1.07 bits per heavy atom. The van der Waals surface area contributed by atoms with Crippen LogP contribution < -0.4 is 5.32 Å². The van der Waals surface area contributed by atoms with Crippen LogP contribution >= 0.6 is 0 Å². The SMILES string of the molecule is CNc1nc2c(c(C(=O)N3CCCC3)n1)CN(C(=O)C1CC13CCC3)CC2. The molecule has 1 atom stereocenters. The van der Waals surface area contributed by atoms with Crippen molar-refractivity contribution in [2.75, 3.05) is 32.0 Å². The van der Waals surface area contributed by atoms with E-state index in [0.717, 1.165) is 43.6 Å². The number of fused-ring (bicyclic) bond motifs is 1. The van der Waals surface area contributed by atoms with Gasteiger partial charge in [-0.1, -0.05) is 6.42 Å². The minimum absolute atomic E-state index is 0.0150. The van der Waals surface area contributed by atoms with Crippen molar-refractivity contribution in [2.45, 2.75) is 51.5 Å². The van der Waals surface area contributed by atoms with Gasteiger partial charge in [0, 0.05) is 51.1 Å². The van der Waals surface area contributed by atoms with Gasteiger partial charge in [0.05, 0.1) is 5.69 Å². The zero-order valence-electron chi connectivity index (χ0n) is 16.0. The van der Waals surface area contributed by atoms with Gasteiger partial charge in [0.15, 0.2) is 0 Å². The molecule has 3 fully saturated rings. The van der Waals surface area contributed by atoms with Crippen LogP contribution in [0.3, 0.4) is 0 Å². The molecule has 2 amide bonds. The highest BCUT2D eigenvalue weighted by atomic mass is 16.2. The van der Waals surface area contributed by atoms with E-state index in [0.29, 0.717) is 36.6 Å². The van der Waals surface area contributed by atoms with Crippen LogP contribution in [-0.2, 0) is 17.8 Å². The quantitative estimate of drug-likeness (QED) is 0.879. The van der Waals surface area contributed by atoms with Gasteiger partial charge in [-0.2, -0.15) is 0 Å². The van der Waals surface area contributed by atoms with Gasteiger partial charge in [-0.05, 0) is 37.5 Å². The van der Waals surface area contributed by atoms with Crippen LogP contribution in [-0.4, -0.2) is 58.3 Å². The molecule has 2 aliphatic carbocycles. The maximum absolute atomic E-state index is 13.1. The predicted molar refractivity (Wildman–Crippen MR) is 100 cm³/mol. The highest BCUT2D eigenvalue weighted by Gasteiger charge is 2.61. The van der Waals surface area contributed by atoms with Crippen LogP contribution in [0.25, 0.3) is 0 Å². The van der Waals surface area contributed by atoms with Crippen molar-refractivity contribution < 1.29 is 9.59 Å². The fraction of sp³-hybridized carbons (Fsp3) is 0.700. The first-order valence-corrected chi connectivity index (χ1v) is 10.3. The van der Waals surface area contributed by atoms with E-state index in [9.17, 15) is 9.59 Å². The standard InChI is InChI=1S/C20H27N5O2/c1-21-19-22-15-5-10-25(17(26)14-11-20(14)6-4-7-20)12-13(15)16(23-19)18(27)24-8-2-3-9-24/h14H,2-12H2,1H3,(H,21,22,23). The third-order valence-electron chi connectivity index (χ3n) is 7.03. The molecule has 27 heavy (non-hydrogen) atoms. The molecule has 0 bridgehead atoms. The number of carbonyl (C=O) groups is 2. The summed E-state index contributed by atoms with van der Waals surface area (Å²) in [5, 5.41) is 2.98. The largest absolute Gasteiger partial charge is 0.357 e. The molecule has 3 heterocycles. The first-order chi connectivity index (χ1) is 13.1. The third kappa shape index (κ3) is 2.70. The van der Waals surface area contributed by atoms with Crippen molar-refractivity contribution >= 4 is 17.8 Å². The molecule has 1 N–H and O–H groups in total. The lowest BCUT2D eigenvalue weighted by Crippen LogP contribution is -2.41. The van der Waals surface area contributed by atoms with E-state index in [1.165, 1.54) is 19.3 Å². The predicted octanol–water partition coefficient (Wildman–Crippen LogP) is 1.83. The number of hydrogen-bond acceptors (Lipinski definition) is 5. The molecule has 5 rings (SSSR count). The Balaban J connectivity index is 1.42. The molecular weight excluding hydrogens is 342 g/mol. The second-order valence-electron chi connectivity index (χ2n) is 8.55. The number of rotatable bonds is 3. The normalized spacial score (nSPS) is 25.1. The van der Waals surface area contributed by atoms with E-state index >= 15 is 0 Å². The summed E-state index contributed by atoms with van der Waals surface area (Å²) in [6, 6.07) is 0. The van der Waals surface area contributed by atoms with Crippen molar-refractivity contribution in [2.24, 2.45) is 11.3 Å². The molecule has 4 aliphatic rings. The highest BCUT2D eigenvalue weighted by molar-refractivity contribution is 5.95. The number of amides is 2. The lowest BCUT2D eigenvalue weighted by Gasteiger charge is -2.32. The van der Waals surface area contributed by atoms with E-state index in [1.807, 2.05) is 9.80 Å². The van der Waals surface area contributed by atoms with Crippen molar-refractivity contribution in [3.63, 3.8) is 0 Å². The summed E-state index contributed by atoms with van der Waals surface area (Å²) in [5.74, 6) is 0.964. The summed E-state index contributed by atoms with van der Waals surface area (Å²) in [4.78, 5) is 39.0. The highest BCUT2D eigenvalue weighted by Crippen LogP contribution is 2.66. The molecule has 1 unspecified atom stereocenters. The van der Waals surface area contributed by atoms with E-state index in [-0.39, 0.29) is 17.7 Å². The maximum atomic E-state index is 13.1. The van der Waals surface area contributed by atoms with E-state index in [1.54, 1.807) is 7.05 Å². The van der Waals surface area contributed by atoms with E-state index in [4.69, 9.17) is 0 Å². The van der Waals surface area contributed by atoms with Crippen LogP contribution in [0, 0.1) is 11.3 Å². The van der Waals surface area contributed by atoms with E-state index < -0.39 is 0 Å². The van der Waals surface area contributed by atoms with Gasteiger partial charge >= 0.3 is 0 Å². The van der Waals surface area contributed by atoms with Crippen molar-refractivity contribution in [1.29, 1.82) is 0 Å². The molecule has 1 aromatic rings. The van der Waals surface area contributed by atoms with Gasteiger partial charge in [-0.3, -0.25) is 9.59 Å². The minimum Gasteiger partial charge on any atom is -0.357 e. The topological polar surface area (TPSA) is 78.4 Å². The average Bonchev–Trinajstić information content (AvgIpc) is 3.22. The molecule has 1 saturated heterocycles. The zero-order chi connectivity index (χ0) is 18.6. The Hall–Kier alpha value is -2.18. The van der Waals surface area contributed by atoms with Crippen LogP contribution in [0.1, 0.15) is 60.3 Å². The Morgan fingerprint density at radius 2 is 1.85 bits per heavy atom. The molecule has 1 aromatic heterocycles. The van der Waals surface area contributed by atoms with Crippen molar-refractivity contribution in [3.05, 3.63) is 17.0 Å². The number of aromatic nitrogens is 2. The van der Waals surface area contributed by atoms with Gasteiger partial charge in [0.2, 0.25) is 11.9 Å². The molecule has 1 spiro atoms. The minimum atomic E-state index is -0.0150. The van der Waals surface area contributed by atoms with Crippen molar-refractivity contribution in [3.8, 4) is 0 Å².